The van der Waals surface area contributed by atoms with Gasteiger partial charge in [-0.1, -0.05) is 13.0 Å². The van der Waals surface area contributed by atoms with Crippen molar-refractivity contribution in [1.82, 2.24) is 4.98 Å². The third-order valence-electron chi connectivity index (χ3n) is 3.52. The van der Waals surface area contributed by atoms with Gasteiger partial charge in [0.15, 0.2) is 9.84 Å². The highest BCUT2D eigenvalue weighted by Crippen LogP contribution is 2.22. The van der Waals surface area contributed by atoms with Crippen LogP contribution in [0.3, 0.4) is 0 Å². The summed E-state index contributed by atoms with van der Waals surface area (Å²) in [6.45, 7) is 1.98. The van der Waals surface area contributed by atoms with E-state index in [4.69, 9.17) is 4.74 Å². The number of aromatic nitrogens is 1. The van der Waals surface area contributed by atoms with Gasteiger partial charge in [-0.2, -0.15) is 0 Å². The number of carbonyl (C=O) groups is 1. The Labute approximate surface area is 136 Å². The van der Waals surface area contributed by atoms with Crippen LogP contribution >= 0.6 is 0 Å². The molecule has 0 amide bonds. The molecule has 1 aromatic heterocycles. The number of pyridine rings is 1. The average Bonchev–Trinajstić information content (AvgIpc) is 2.55. The first-order valence-electron chi connectivity index (χ1n) is 7.25. The number of ether oxygens (including phenoxy) is 1. The minimum absolute atomic E-state index is 0.0300. The van der Waals surface area contributed by atoms with Crippen LogP contribution in [-0.4, -0.2) is 32.6 Å². The van der Waals surface area contributed by atoms with E-state index in [2.05, 4.69) is 4.98 Å². The molecule has 0 N–H and O–H groups in total. The zero-order chi connectivity index (χ0) is 16.9. The number of sulfone groups is 1. The van der Waals surface area contributed by atoms with Gasteiger partial charge in [-0.3, -0.25) is 9.78 Å². The second-order valence-corrected chi connectivity index (χ2v) is 7.49. The minimum Gasteiger partial charge on any atom is -0.492 e. The van der Waals surface area contributed by atoms with Crippen LogP contribution < -0.4 is 4.74 Å². The summed E-state index contributed by atoms with van der Waals surface area (Å²) in [5.74, 6) is 0.509. The summed E-state index contributed by atoms with van der Waals surface area (Å²) in [4.78, 5) is 14.9. The quantitative estimate of drug-likeness (QED) is 0.728. The molecule has 2 rings (SSSR count). The SMILES string of the molecule is CCc1ccc(C(COc2ccc(C=O)cc2)S(C)(=O)=O)nc1. The van der Waals surface area contributed by atoms with Gasteiger partial charge in [-0.25, -0.2) is 8.42 Å². The van der Waals surface area contributed by atoms with Crippen molar-refractivity contribution < 1.29 is 17.9 Å². The fourth-order valence-corrected chi connectivity index (χ4v) is 2.97. The summed E-state index contributed by atoms with van der Waals surface area (Å²) in [5.41, 5.74) is 2.05. The maximum absolute atomic E-state index is 12.0. The topological polar surface area (TPSA) is 73.3 Å². The second kappa shape index (κ2) is 7.37. The molecule has 1 atom stereocenters. The smallest absolute Gasteiger partial charge is 0.159 e. The Morgan fingerprint density at radius 2 is 1.87 bits per heavy atom. The molecule has 23 heavy (non-hydrogen) atoms. The molecule has 6 heteroatoms. The van der Waals surface area contributed by atoms with Gasteiger partial charge < -0.3 is 4.74 Å². The monoisotopic (exact) mass is 333 g/mol. The lowest BCUT2D eigenvalue weighted by Crippen LogP contribution is -2.20. The van der Waals surface area contributed by atoms with Crippen molar-refractivity contribution in [3.63, 3.8) is 0 Å². The highest BCUT2D eigenvalue weighted by molar-refractivity contribution is 7.90. The van der Waals surface area contributed by atoms with E-state index in [1.54, 1.807) is 36.5 Å². The number of benzene rings is 1. The van der Waals surface area contributed by atoms with Gasteiger partial charge in [-0.15, -0.1) is 0 Å². The van der Waals surface area contributed by atoms with E-state index in [1.165, 1.54) is 6.26 Å². The third-order valence-corrected chi connectivity index (χ3v) is 4.93. The Kier molecular flexibility index (Phi) is 5.50. The van der Waals surface area contributed by atoms with E-state index in [1.807, 2.05) is 13.0 Å². The first-order chi connectivity index (χ1) is 10.9. The molecule has 0 fully saturated rings. The number of hydrogen-bond donors (Lipinski definition) is 0. The molecule has 1 heterocycles. The number of nitrogens with zero attached hydrogens (tertiary/aromatic N) is 1. The fourth-order valence-electron chi connectivity index (χ4n) is 2.08. The molecule has 122 valence electrons. The second-order valence-electron chi connectivity index (χ2n) is 5.26. The molecule has 0 aliphatic rings. The molecule has 0 aliphatic carbocycles. The third kappa shape index (κ3) is 4.63. The first-order valence-corrected chi connectivity index (χ1v) is 9.21. The number of rotatable bonds is 7. The Bertz CT molecular complexity index is 752. The predicted molar refractivity (Wildman–Crippen MR) is 88.5 cm³/mol. The predicted octanol–water partition coefficient (Wildman–Crippen LogP) is 2.62. The molecule has 1 unspecified atom stereocenters. The van der Waals surface area contributed by atoms with Gasteiger partial charge in [0.25, 0.3) is 0 Å². The molecular weight excluding hydrogens is 314 g/mol. The summed E-state index contributed by atoms with van der Waals surface area (Å²) in [6, 6.07) is 10.1. The Morgan fingerprint density at radius 3 is 2.35 bits per heavy atom. The van der Waals surface area contributed by atoms with Crippen molar-refractivity contribution in [2.75, 3.05) is 12.9 Å². The van der Waals surface area contributed by atoms with E-state index in [0.717, 1.165) is 18.3 Å². The summed E-state index contributed by atoms with van der Waals surface area (Å²) >= 11 is 0. The summed E-state index contributed by atoms with van der Waals surface area (Å²) in [6.07, 6.45) is 4.44. The lowest BCUT2D eigenvalue weighted by Gasteiger charge is -2.16. The van der Waals surface area contributed by atoms with Crippen LogP contribution in [0.15, 0.2) is 42.6 Å². The fraction of sp³-hybridized carbons (Fsp3) is 0.294. The number of aldehydes is 1. The molecule has 0 bridgehead atoms. The Balaban J connectivity index is 2.16. The lowest BCUT2D eigenvalue weighted by atomic mass is 10.2. The van der Waals surface area contributed by atoms with Crippen LogP contribution in [0.1, 0.15) is 33.8 Å². The highest BCUT2D eigenvalue weighted by atomic mass is 32.2. The van der Waals surface area contributed by atoms with Crippen LogP contribution in [0.5, 0.6) is 5.75 Å². The Morgan fingerprint density at radius 1 is 1.17 bits per heavy atom. The van der Waals surface area contributed by atoms with Gasteiger partial charge in [-0.05, 0) is 42.3 Å². The van der Waals surface area contributed by atoms with E-state index in [-0.39, 0.29) is 6.61 Å². The van der Waals surface area contributed by atoms with Crippen LogP contribution in [-0.2, 0) is 16.3 Å². The standard InChI is InChI=1S/C17H19NO4S/c1-3-13-6-9-16(18-10-13)17(23(2,20)21)12-22-15-7-4-14(11-19)5-8-15/h4-11,17H,3,12H2,1-2H3. The summed E-state index contributed by atoms with van der Waals surface area (Å²) in [7, 11) is -3.36. The van der Waals surface area contributed by atoms with Crippen molar-refractivity contribution in [1.29, 1.82) is 0 Å². The van der Waals surface area contributed by atoms with Crippen LogP contribution in [0.4, 0.5) is 0 Å². The summed E-state index contributed by atoms with van der Waals surface area (Å²) in [5, 5.41) is -0.834. The minimum atomic E-state index is -3.36. The molecule has 0 radical (unpaired) electrons. The molecule has 0 saturated heterocycles. The Hall–Kier alpha value is -2.21. The van der Waals surface area contributed by atoms with Crippen LogP contribution in [0.2, 0.25) is 0 Å². The van der Waals surface area contributed by atoms with Gasteiger partial charge in [0, 0.05) is 18.0 Å². The average molecular weight is 333 g/mol. The highest BCUT2D eigenvalue weighted by Gasteiger charge is 2.25. The molecule has 1 aromatic carbocycles. The number of aryl methyl sites for hydroxylation is 1. The van der Waals surface area contributed by atoms with Crippen LogP contribution in [0.25, 0.3) is 0 Å². The van der Waals surface area contributed by atoms with Crippen molar-refractivity contribution in [2.24, 2.45) is 0 Å². The molecule has 2 aromatic rings. The maximum Gasteiger partial charge on any atom is 0.159 e. The van der Waals surface area contributed by atoms with Gasteiger partial charge in [0.05, 0.1) is 5.69 Å². The van der Waals surface area contributed by atoms with Gasteiger partial charge in [0.2, 0.25) is 0 Å². The molecular formula is C17H19NO4S. The van der Waals surface area contributed by atoms with Gasteiger partial charge >= 0.3 is 0 Å². The number of hydrogen-bond acceptors (Lipinski definition) is 5. The first kappa shape index (κ1) is 17.1. The normalized spacial score (nSPS) is 12.6. The molecule has 0 saturated carbocycles. The van der Waals surface area contributed by atoms with Crippen LogP contribution in [0, 0.1) is 0 Å². The zero-order valence-electron chi connectivity index (χ0n) is 13.1. The largest absolute Gasteiger partial charge is 0.492 e. The van der Waals surface area contributed by atoms with Crippen molar-refractivity contribution in [3.8, 4) is 5.75 Å². The molecule has 5 nitrogen and oxygen atoms in total. The van der Waals surface area contributed by atoms with E-state index < -0.39 is 15.1 Å². The zero-order valence-corrected chi connectivity index (χ0v) is 13.9. The molecule has 0 spiro atoms. The van der Waals surface area contributed by atoms with E-state index >= 15 is 0 Å². The van der Waals surface area contributed by atoms with E-state index in [0.29, 0.717) is 17.0 Å². The van der Waals surface area contributed by atoms with Crippen molar-refractivity contribution >= 4 is 16.1 Å². The maximum atomic E-state index is 12.0. The van der Waals surface area contributed by atoms with Crippen molar-refractivity contribution in [2.45, 2.75) is 18.6 Å². The number of carbonyl (C=O) groups excluding carboxylic acids is 1. The summed E-state index contributed by atoms with van der Waals surface area (Å²) < 4.78 is 29.7. The van der Waals surface area contributed by atoms with E-state index in [9.17, 15) is 13.2 Å². The van der Waals surface area contributed by atoms with Gasteiger partial charge in [0.1, 0.15) is 23.9 Å². The molecule has 0 aliphatic heterocycles. The lowest BCUT2D eigenvalue weighted by molar-refractivity contribution is 0.112. The van der Waals surface area contributed by atoms with Crippen molar-refractivity contribution in [3.05, 3.63) is 59.4 Å².